The first kappa shape index (κ1) is 12.4. The summed E-state index contributed by atoms with van der Waals surface area (Å²) >= 11 is 0. The molecule has 0 bridgehead atoms. The zero-order valence-electron chi connectivity index (χ0n) is 10.9. The van der Waals surface area contributed by atoms with Crippen molar-refractivity contribution in [3.8, 4) is 0 Å². The number of aliphatic hydroxyl groups excluding tert-OH is 1. The number of anilines is 1. The number of nitrogens with zero attached hydrogens (tertiary/aromatic N) is 1. The Kier molecular flexibility index (Phi) is 4.06. The molecule has 1 saturated carbocycles. The molecule has 1 N–H and O–H groups in total. The first-order chi connectivity index (χ1) is 8.24. The summed E-state index contributed by atoms with van der Waals surface area (Å²) < 4.78 is 0. The van der Waals surface area contributed by atoms with Gasteiger partial charge in [-0.15, -0.1) is 0 Å². The highest BCUT2D eigenvalue weighted by atomic mass is 16.3. The number of aliphatic hydroxyl groups is 1. The molecule has 2 nitrogen and oxygen atoms in total. The third kappa shape index (κ3) is 3.22. The fourth-order valence-electron chi connectivity index (χ4n) is 2.17. The van der Waals surface area contributed by atoms with Crippen molar-refractivity contribution in [2.75, 3.05) is 18.0 Å². The lowest BCUT2D eigenvalue weighted by Gasteiger charge is -2.23. The maximum absolute atomic E-state index is 9.76. The van der Waals surface area contributed by atoms with Gasteiger partial charge in [0.1, 0.15) is 0 Å². The Morgan fingerprint density at radius 1 is 1.24 bits per heavy atom. The SMILES string of the molecule is CC[C@H](O)c1ccc(N(CC)CC2CC2)cc1. The fourth-order valence-corrected chi connectivity index (χ4v) is 2.17. The van der Waals surface area contributed by atoms with Gasteiger partial charge in [0.25, 0.3) is 0 Å². The Labute approximate surface area is 104 Å². The van der Waals surface area contributed by atoms with Crippen molar-refractivity contribution in [3.63, 3.8) is 0 Å². The van der Waals surface area contributed by atoms with E-state index in [9.17, 15) is 5.11 Å². The van der Waals surface area contributed by atoms with Crippen LogP contribution in [0.5, 0.6) is 0 Å². The number of rotatable bonds is 6. The maximum Gasteiger partial charge on any atom is 0.0787 e. The van der Waals surface area contributed by atoms with Crippen LogP contribution in [-0.4, -0.2) is 18.2 Å². The lowest BCUT2D eigenvalue weighted by molar-refractivity contribution is 0.173. The van der Waals surface area contributed by atoms with Gasteiger partial charge in [0.2, 0.25) is 0 Å². The molecule has 17 heavy (non-hydrogen) atoms. The highest BCUT2D eigenvalue weighted by Crippen LogP contribution is 2.31. The summed E-state index contributed by atoms with van der Waals surface area (Å²) in [5.41, 5.74) is 2.31. The van der Waals surface area contributed by atoms with Crippen LogP contribution >= 0.6 is 0 Å². The third-order valence-electron chi connectivity index (χ3n) is 3.59. The molecule has 0 saturated heterocycles. The molecule has 94 valence electrons. The van der Waals surface area contributed by atoms with Crippen LogP contribution in [0.3, 0.4) is 0 Å². The van der Waals surface area contributed by atoms with Crippen molar-refractivity contribution < 1.29 is 5.11 Å². The number of hydrogen-bond donors (Lipinski definition) is 1. The lowest BCUT2D eigenvalue weighted by Crippen LogP contribution is -2.25. The molecule has 1 fully saturated rings. The lowest BCUT2D eigenvalue weighted by atomic mass is 10.1. The third-order valence-corrected chi connectivity index (χ3v) is 3.59. The van der Waals surface area contributed by atoms with Crippen LogP contribution in [0.25, 0.3) is 0 Å². The van der Waals surface area contributed by atoms with E-state index in [1.54, 1.807) is 0 Å². The largest absolute Gasteiger partial charge is 0.388 e. The van der Waals surface area contributed by atoms with Gasteiger partial charge in [-0.2, -0.15) is 0 Å². The average molecular weight is 233 g/mol. The zero-order chi connectivity index (χ0) is 12.3. The Hall–Kier alpha value is -1.02. The van der Waals surface area contributed by atoms with Gasteiger partial charge in [0.05, 0.1) is 6.10 Å². The second-order valence-corrected chi connectivity index (χ2v) is 5.00. The van der Waals surface area contributed by atoms with Crippen LogP contribution in [0.2, 0.25) is 0 Å². The zero-order valence-corrected chi connectivity index (χ0v) is 10.9. The molecule has 0 spiro atoms. The van der Waals surface area contributed by atoms with Crippen LogP contribution in [0.1, 0.15) is 44.8 Å². The van der Waals surface area contributed by atoms with E-state index in [1.165, 1.54) is 25.1 Å². The molecule has 0 amide bonds. The molecule has 1 aromatic rings. The molecule has 0 radical (unpaired) electrons. The molecule has 1 atom stereocenters. The van der Waals surface area contributed by atoms with Crippen molar-refractivity contribution in [3.05, 3.63) is 29.8 Å². The van der Waals surface area contributed by atoms with Gasteiger partial charge in [-0.05, 0) is 49.8 Å². The van der Waals surface area contributed by atoms with Gasteiger partial charge in [-0.3, -0.25) is 0 Å². The smallest absolute Gasteiger partial charge is 0.0787 e. The molecule has 1 aliphatic rings. The minimum absolute atomic E-state index is 0.317. The van der Waals surface area contributed by atoms with Crippen LogP contribution in [0, 0.1) is 5.92 Å². The summed E-state index contributed by atoms with van der Waals surface area (Å²) in [7, 11) is 0. The van der Waals surface area contributed by atoms with E-state index in [0.29, 0.717) is 0 Å². The second-order valence-electron chi connectivity index (χ2n) is 5.00. The van der Waals surface area contributed by atoms with E-state index in [2.05, 4.69) is 36.1 Å². The van der Waals surface area contributed by atoms with Gasteiger partial charge in [-0.1, -0.05) is 19.1 Å². The fraction of sp³-hybridized carbons (Fsp3) is 0.600. The van der Waals surface area contributed by atoms with Crippen LogP contribution in [0.4, 0.5) is 5.69 Å². The Morgan fingerprint density at radius 3 is 2.35 bits per heavy atom. The number of benzene rings is 1. The predicted molar refractivity (Wildman–Crippen MR) is 72.3 cm³/mol. The van der Waals surface area contributed by atoms with E-state index in [0.717, 1.165) is 24.4 Å². The molecule has 1 aromatic carbocycles. The molecular weight excluding hydrogens is 210 g/mol. The van der Waals surface area contributed by atoms with Crippen LogP contribution < -0.4 is 4.90 Å². The molecule has 0 heterocycles. The van der Waals surface area contributed by atoms with Crippen molar-refractivity contribution in [2.24, 2.45) is 5.92 Å². The first-order valence-electron chi connectivity index (χ1n) is 6.77. The summed E-state index contributed by atoms with van der Waals surface area (Å²) in [4.78, 5) is 2.43. The standard InChI is InChI=1S/C15H23NO/c1-3-15(17)13-7-9-14(10-8-13)16(4-2)11-12-5-6-12/h7-10,12,15,17H,3-6,11H2,1-2H3/t15-/m0/s1. The minimum atomic E-state index is -0.317. The maximum atomic E-state index is 9.76. The first-order valence-corrected chi connectivity index (χ1v) is 6.77. The predicted octanol–water partition coefficient (Wildman–Crippen LogP) is 3.37. The molecule has 0 unspecified atom stereocenters. The van der Waals surface area contributed by atoms with Gasteiger partial charge in [0, 0.05) is 18.8 Å². The van der Waals surface area contributed by atoms with E-state index >= 15 is 0 Å². The molecule has 1 aliphatic carbocycles. The Bertz CT molecular complexity index is 342. The summed E-state index contributed by atoms with van der Waals surface area (Å²) in [5, 5.41) is 9.76. The van der Waals surface area contributed by atoms with Gasteiger partial charge in [0.15, 0.2) is 0 Å². The molecular formula is C15H23NO. The normalized spacial score (nSPS) is 16.9. The van der Waals surface area contributed by atoms with Crippen molar-refractivity contribution >= 4 is 5.69 Å². The minimum Gasteiger partial charge on any atom is -0.388 e. The summed E-state index contributed by atoms with van der Waals surface area (Å²) in [6, 6.07) is 8.39. The van der Waals surface area contributed by atoms with E-state index in [4.69, 9.17) is 0 Å². The molecule has 0 aliphatic heterocycles. The highest BCUT2D eigenvalue weighted by Gasteiger charge is 2.23. The van der Waals surface area contributed by atoms with E-state index in [-0.39, 0.29) is 6.10 Å². The molecule has 2 rings (SSSR count). The van der Waals surface area contributed by atoms with Crippen LogP contribution in [0.15, 0.2) is 24.3 Å². The highest BCUT2D eigenvalue weighted by molar-refractivity contribution is 5.48. The van der Waals surface area contributed by atoms with Gasteiger partial charge >= 0.3 is 0 Å². The summed E-state index contributed by atoms with van der Waals surface area (Å²) in [5.74, 6) is 0.913. The van der Waals surface area contributed by atoms with Crippen molar-refractivity contribution in [2.45, 2.75) is 39.2 Å². The van der Waals surface area contributed by atoms with E-state index in [1.807, 2.05) is 6.92 Å². The quantitative estimate of drug-likeness (QED) is 0.814. The Morgan fingerprint density at radius 2 is 1.88 bits per heavy atom. The molecule has 0 aromatic heterocycles. The average Bonchev–Trinajstić information content (AvgIpc) is 3.19. The topological polar surface area (TPSA) is 23.5 Å². The monoisotopic (exact) mass is 233 g/mol. The van der Waals surface area contributed by atoms with Gasteiger partial charge in [-0.25, -0.2) is 0 Å². The molecule has 2 heteroatoms. The Balaban J connectivity index is 2.04. The van der Waals surface area contributed by atoms with Gasteiger partial charge < -0.3 is 10.0 Å². The van der Waals surface area contributed by atoms with Crippen molar-refractivity contribution in [1.29, 1.82) is 0 Å². The summed E-state index contributed by atoms with van der Waals surface area (Å²) in [6.07, 6.45) is 3.24. The number of hydrogen-bond acceptors (Lipinski definition) is 2. The van der Waals surface area contributed by atoms with Crippen molar-refractivity contribution in [1.82, 2.24) is 0 Å². The van der Waals surface area contributed by atoms with Crippen LogP contribution in [-0.2, 0) is 0 Å². The van der Waals surface area contributed by atoms with E-state index < -0.39 is 0 Å². The second kappa shape index (κ2) is 5.54. The summed E-state index contributed by atoms with van der Waals surface area (Å²) in [6.45, 7) is 6.46.